The summed E-state index contributed by atoms with van der Waals surface area (Å²) < 4.78 is 28.8. The zero-order valence-electron chi connectivity index (χ0n) is 18.5. The molecule has 10 heteroatoms. The molecule has 0 radical (unpaired) electrons. The fourth-order valence-electron chi connectivity index (χ4n) is 4.15. The molecule has 4 atom stereocenters. The second-order valence-electron chi connectivity index (χ2n) is 8.36. The number of benzene rings is 2. The van der Waals surface area contributed by atoms with Crippen molar-refractivity contribution >= 4 is 22.8 Å². The third kappa shape index (κ3) is 4.63. The van der Waals surface area contributed by atoms with E-state index >= 15 is 0 Å². The van der Waals surface area contributed by atoms with Crippen molar-refractivity contribution in [2.45, 2.75) is 31.0 Å². The molecule has 4 aromatic rings. The Balaban J connectivity index is 1.10. The molecule has 2 aromatic heterocycles. The van der Waals surface area contributed by atoms with Crippen LogP contribution in [0.2, 0.25) is 5.02 Å². The summed E-state index contributed by atoms with van der Waals surface area (Å²) in [6.45, 7) is 0.816. The number of nitrogens with zero attached hydrogens (tertiary/aromatic N) is 2. The van der Waals surface area contributed by atoms with E-state index in [4.69, 9.17) is 35.3 Å². The van der Waals surface area contributed by atoms with Gasteiger partial charge >= 0.3 is 0 Å². The Morgan fingerprint density at radius 3 is 2.57 bits per heavy atom. The van der Waals surface area contributed by atoms with E-state index in [1.54, 1.807) is 6.07 Å². The minimum Gasteiger partial charge on any atom is -0.472 e. The predicted molar refractivity (Wildman–Crippen MR) is 126 cm³/mol. The largest absolute Gasteiger partial charge is 0.472 e. The fourth-order valence-corrected chi connectivity index (χ4v) is 4.36. The molecule has 2 saturated heterocycles. The van der Waals surface area contributed by atoms with E-state index in [0.717, 1.165) is 17.1 Å². The van der Waals surface area contributed by atoms with Crippen molar-refractivity contribution in [1.29, 1.82) is 0 Å². The molecule has 0 aliphatic carbocycles. The summed E-state index contributed by atoms with van der Waals surface area (Å²) >= 11 is 6.39. The second kappa shape index (κ2) is 9.35. The molecule has 2 fully saturated rings. The Hall–Kier alpha value is -3.37. The summed E-state index contributed by atoms with van der Waals surface area (Å²) in [6, 6.07) is 19.2. The van der Waals surface area contributed by atoms with Crippen LogP contribution in [-0.4, -0.2) is 57.7 Å². The van der Waals surface area contributed by atoms with E-state index in [1.165, 1.54) is 0 Å². The van der Waals surface area contributed by atoms with Gasteiger partial charge in [-0.25, -0.2) is 0 Å². The standard InChI is InChI=1S/C25H22ClN3O6/c26-17-10-18-23(29-25(27-18)35-20-13-32-21-19(30)12-31-22(20)21)28-24(17)33-11-14-6-8-16(9-7-14)34-15-4-2-1-3-5-15/h1-10,19-22,30H,11-13H2,(H,27,28,29)/t19-,20-,21-,22-/m1/s1. The molecule has 2 aromatic carbocycles. The number of aromatic amines is 1. The number of imidazole rings is 1. The van der Waals surface area contributed by atoms with Gasteiger partial charge in [0, 0.05) is 0 Å². The molecule has 6 rings (SSSR count). The third-order valence-electron chi connectivity index (χ3n) is 5.90. The molecular formula is C25H22ClN3O6. The lowest BCUT2D eigenvalue weighted by atomic mass is 10.1. The Labute approximate surface area is 205 Å². The highest BCUT2D eigenvalue weighted by molar-refractivity contribution is 6.32. The first-order chi connectivity index (χ1) is 17.1. The minimum atomic E-state index is -0.642. The number of nitrogens with one attached hydrogen (secondary N) is 1. The van der Waals surface area contributed by atoms with E-state index < -0.39 is 6.10 Å². The monoisotopic (exact) mass is 495 g/mol. The van der Waals surface area contributed by atoms with E-state index in [0.29, 0.717) is 22.8 Å². The van der Waals surface area contributed by atoms with Crippen molar-refractivity contribution in [3.8, 4) is 23.4 Å². The van der Waals surface area contributed by atoms with E-state index in [1.807, 2.05) is 54.6 Å². The number of rotatable bonds is 7. The summed E-state index contributed by atoms with van der Waals surface area (Å²) in [5.74, 6) is 1.78. The molecule has 9 nitrogen and oxygen atoms in total. The molecule has 2 aliphatic heterocycles. The van der Waals surface area contributed by atoms with Gasteiger partial charge < -0.3 is 33.8 Å². The van der Waals surface area contributed by atoms with Crippen LogP contribution < -0.4 is 14.2 Å². The maximum Gasteiger partial charge on any atom is 0.296 e. The molecule has 0 bridgehead atoms. The first-order valence-corrected chi connectivity index (χ1v) is 11.6. The third-order valence-corrected chi connectivity index (χ3v) is 6.17. The molecule has 2 aliphatic rings. The van der Waals surface area contributed by atoms with Crippen LogP contribution in [-0.2, 0) is 16.1 Å². The topological polar surface area (TPSA) is 108 Å². The lowest BCUT2D eigenvalue weighted by molar-refractivity contribution is 0.00706. The van der Waals surface area contributed by atoms with E-state index in [2.05, 4.69) is 15.0 Å². The molecule has 0 unspecified atom stereocenters. The number of aromatic nitrogens is 3. The predicted octanol–water partition coefficient (Wildman–Crippen LogP) is 3.89. The van der Waals surface area contributed by atoms with E-state index in [-0.39, 0.29) is 43.4 Å². The summed E-state index contributed by atoms with van der Waals surface area (Å²) in [6.07, 6.45) is -1.73. The van der Waals surface area contributed by atoms with Gasteiger partial charge in [-0.3, -0.25) is 0 Å². The fraction of sp³-hybridized carbons (Fsp3) is 0.280. The number of para-hydroxylation sites is 1. The number of pyridine rings is 1. The quantitative estimate of drug-likeness (QED) is 0.397. The molecule has 0 spiro atoms. The van der Waals surface area contributed by atoms with Gasteiger partial charge in [-0.15, -0.1) is 0 Å². The molecule has 2 N–H and O–H groups in total. The number of aliphatic hydroxyl groups excluding tert-OH is 1. The number of hydrogen-bond acceptors (Lipinski definition) is 8. The van der Waals surface area contributed by atoms with Gasteiger partial charge in [-0.2, -0.15) is 9.97 Å². The Morgan fingerprint density at radius 2 is 1.74 bits per heavy atom. The number of fused-ring (bicyclic) bond motifs is 2. The first-order valence-electron chi connectivity index (χ1n) is 11.2. The number of aliphatic hydroxyl groups is 1. The van der Waals surface area contributed by atoms with Crippen LogP contribution >= 0.6 is 11.6 Å². The van der Waals surface area contributed by atoms with Gasteiger partial charge in [-0.1, -0.05) is 41.9 Å². The molecule has 0 saturated carbocycles. The van der Waals surface area contributed by atoms with Gasteiger partial charge in [0.05, 0.1) is 18.7 Å². The summed E-state index contributed by atoms with van der Waals surface area (Å²) in [4.78, 5) is 11.9. The number of ether oxygens (including phenoxy) is 5. The lowest BCUT2D eigenvalue weighted by Crippen LogP contribution is -2.34. The molecule has 180 valence electrons. The molecular weight excluding hydrogens is 474 g/mol. The van der Waals surface area contributed by atoms with Gasteiger partial charge in [0.25, 0.3) is 6.01 Å². The van der Waals surface area contributed by atoms with E-state index in [9.17, 15) is 5.11 Å². The first kappa shape index (κ1) is 22.1. The maximum absolute atomic E-state index is 9.89. The van der Waals surface area contributed by atoms with Crippen LogP contribution in [0.15, 0.2) is 60.7 Å². The molecule has 4 heterocycles. The summed E-state index contributed by atoms with van der Waals surface area (Å²) in [5.41, 5.74) is 1.96. The minimum absolute atomic E-state index is 0.232. The van der Waals surface area contributed by atoms with Crippen LogP contribution in [0.3, 0.4) is 0 Å². The SMILES string of the molecule is O[C@@H]1CO[C@H]2[C@@H]1OC[C@H]2Oc1nc2nc(OCc3ccc(Oc4ccccc4)cc3)c(Cl)cc2[nH]1. The number of hydrogen-bond donors (Lipinski definition) is 2. The van der Waals surface area contributed by atoms with Crippen molar-refractivity contribution in [2.24, 2.45) is 0 Å². The van der Waals surface area contributed by atoms with Gasteiger partial charge in [0.1, 0.15) is 41.4 Å². The normalized spacial score (nSPS) is 23.4. The van der Waals surface area contributed by atoms with Gasteiger partial charge in [0.15, 0.2) is 11.8 Å². The van der Waals surface area contributed by atoms with Crippen LogP contribution in [0.4, 0.5) is 0 Å². The second-order valence-corrected chi connectivity index (χ2v) is 8.76. The Morgan fingerprint density at radius 1 is 0.971 bits per heavy atom. The number of H-pyrrole nitrogens is 1. The van der Waals surface area contributed by atoms with Crippen LogP contribution in [0, 0.1) is 0 Å². The molecule has 35 heavy (non-hydrogen) atoms. The van der Waals surface area contributed by atoms with Crippen LogP contribution in [0.5, 0.6) is 23.4 Å². The average molecular weight is 496 g/mol. The lowest BCUT2D eigenvalue weighted by Gasteiger charge is -2.15. The maximum atomic E-state index is 9.89. The summed E-state index contributed by atoms with van der Waals surface area (Å²) in [5, 5.41) is 10.2. The zero-order chi connectivity index (χ0) is 23.8. The average Bonchev–Trinajstić information content (AvgIpc) is 3.56. The highest BCUT2D eigenvalue weighted by atomic mass is 35.5. The Bertz CT molecular complexity index is 1320. The Kier molecular flexibility index (Phi) is 5.91. The zero-order valence-corrected chi connectivity index (χ0v) is 19.2. The van der Waals surface area contributed by atoms with Crippen molar-refractivity contribution in [3.05, 3.63) is 71.2 Å². The van der Waals surface area contributed by atoms with Crippen molar-refractivity contribution < 1.29 is 28.8 Å². The highest BCUT2D eigenvalue weighted by Crippen LogP contribution is 2.31. The van der Waals surface area contributed by atoms with Gasteiger partial charge in [0.2, 0.25) is 5.88 Å². The smallest absolute Gasteiger partial charge is 0.296 e. The summed E-state index contributed by atoms with van der Waals surface area (Å²) in [7, 11) is 0. The van der Waals surface area contributed by atoms with Crippen LogP contribution in [0.1, 0.15) is 5.56 Å². The van der Waals surface area contributed by atoms with Crippen LogP contribution in [0.25, 0.3) is 11.2 Å². The van der Waals surface area contributed by atoms with Crippen molar-refractivity contribution in [3.63, 3.8) is 0 Å². The van der Waals surface area contributed by atoms with Crippen molar-refractivity contribution in [1.82, 2.24) is 15.0 Å². The number of halogens is 1. The molecule has 0 amide bonds. The van der Waals surface area contributed by atoms with Gasteiger partial charge in [-0.05, 0) is 35.9 Å². The van der Waals surface area contributed by atoms with Crippen molar-refractivity contribution in [2.75, 3.05) is 13.2 Å². The highest BCUT2D eigenvalue weighted by Gasteiger charge is 2.48.